The van der Waals surface area contributed by atoms with Crippen LogP contribution in [0.5, 0.6) is 0 Å². The summed E-state index contributed by atoms with van der Waals surface area (Å²) in [5, 5.41) is 3.01. The van der Waals surface area contributed by atoms with Gasteiger partial charge in [0.05, 0.1) is 12.5 Å². The maximum absolute atomic E-state index is 12.9. The van der Waals surface area contributed by atoms with Crippen LogP contribution in [0.15, 0.2) is 30.3 Å². The molecule has 6 heteroatoms. The minimum atomic E-state index is -0.497. The molecule has 1 saturated carbocycles. The molecule has 1 aliphatic heterocycles. The zero-order chi connectivity index (χ0) is 17.0. The second-order valence-electron chi connectivity index (χ2n) is 6.45. The van der Waals surface area contributed by atoms with E-state index in [9.17, 15) is 9.59 Å². The fourth-order valence-electron chi connectivity index (χ4n) is 3.17. The maximum atomic E-state index is 12.9. The van der Waals surface area contributed by atoms with Gasteiger partial charge in [0, 0.05) is 31.1 Å². The van der Waals surface area contributed by atoms with E-state index in [1.54, 1.807) is 0 Å². The number of esters is 1. The first-order valence-corrected chi connectivity index (χ1v) is 9.55. The third-order valence-electron chi connectivity index (χ3n) is 4.85. The van der Waals surface area contributed by atoms with Crippen LogP contribution >= 0.6 is 11.8 Å². The summed E-state index contributed by atoms with van der Waals surface area (Å²) in [7, 11) is 1.41. The standard InChI is InChI=1S/C18H24N2O3S/c1-23-17(22)18(7-8-18)13-19-16(21)15(14-5-3-2-4-6-14)20-9-11-24-12-10-20/h2-6,15H,7-13H2,1H3,(H,19,21)/t15-/m0/s1. The number of amides is 1. The highest BCUT2D eigenvalue weighted by Crippen LogP contribution is 2.46. The summed E-state index contributed by atoms with van der Waals surface area (Å²) in [5.41, 5.74) is 0.508. The lowest BCUT2D eigenvalue weighted by molar-refractivity contribution is -0.147. The molecule has 1 amide bonds. The Hall–Kier alpha value is -1.53. The number of carbonyl (C=O) groups excluding carboxylic acids is 2. The number of hydrogen-bond acceptors (Lipinski definition) is 5. The zero-order valence-electron chi connectivity index (χ0n) is 14.0. The molecule has 1 saturated heterocycles. The molecule has 2 fully saturated rings. The highest BCUT2D eigenvalue weighted by molar-refractivity contribution is 7.99. The second-order valence-corrected chi connectivity index (χ2v) is 7.68. The fraction of sp³-hybridized carbons (Fsp3) is 0.556. The molecule has 0 bridgehead atoms. The third kappa shape index (κ3) is 3.75. The minimum absolute atomic E-state index is 0.0247. The number of carbonyl (C=O) groups is 2. The summed E-state index contributed by atoms with van der Waals surface area (Å²) in [6.07, 6.45) is 1.58. The van der Waals surface area contributed by atoms with E-state index in [1.807, 2.05) is 42.1 Å². The predicted octanol–water partition coefficient (Wildman–Crippen LogP) is 1.85. The summed E-state index contributed by atoms with van der Waals surface area (Å²) in [4.78, 5) is 27.0. The number of nitrogens with one attached hydrogen (secondary N) is 1. The summed E-state index contributed by atoms with van der Waals surface area (Å²) in [6.45, 7) is 2.17. The Morgan fingerprint density at radius 1 is 1.25 bits per heavy atom. The first kappa shape index (κ1) is 17.3. The number of ether oxygens (including phenoxy) is 1. The van der Waals surface area contributed by atoms with E-state index in [-0.39, 0.29) is 17.9 Å². The van der Waals surface area contributed by atoms with Crippen LogP contribution in [-0.4, -0.2) is 55.0 Å². The van der Waals surface area contributed by atoms with Crippen LogP contribution < -0.4 is 5.32 Å². The predicted molar refractivity (Wildman–Crippen MR) is 94.8 cm³/mol. The van der Waals surface area contributed by atoms with Crippen molar-refractivity contribution in [1.29, 1.82) is 0 Å². The Bertz CT molecular complexity index is 583. The Labute approximate surface area is 147 Å². The Kier molecular flexibility index (Phi) is 5.46. The van der Waals surface area contributed by atoms with Crippen LogP contribution in [0, 0.1) is 5.41 Å². The van der Waals surface area contributed by atoms with Gasteiger partial charge in [-0.3, -0.25) is 14.5 Å². The molecule has 0 radical (unpaired) electrons. The summed E-state index contributed by atoms with van der Waals surface area (Å²) in [5.74, 6) is 1.85. The fourth-order valence-corrected chi connectivity index (χ4v) is 4.10. The number of thioether (sulfide) groups is 1. The Morgan fingerprint density at radius 2 is 1.92 bits per heavy atom. The highest BCUT2D eigenvalue weighted by Gasteiger charge is 2.51. The van der Waals surface area contributed by atoms with E-state index in [2.05, 4.69) is 10.2 Å². The van der Waals surface area contributed by atoms with Crippen molar-refractivity contribution in [3.8, 4) is 0 Å². The van der Waals surface area contributed by atoms with Crippen molar-refractivity contribution in [2.75, 3.05) is 38.2 Å². The molecule has 2 aliphatic rings. The summed E-state index contributed by atoms with van der Waals surface area (Å²) in [6, 6.07) is 9.59. The zero-order valence-corrected chi connectivity index (χ0v) is 14.8. The van der Waals surface area contributed by atoms with E-state index >= 15 is 0 Å². The molecule has 1 N–H and O–H groups in total. The van der Waals surface area contributed by atoms with E-state index in [4.69, 9.17) is 4.74 Å². The molecule has 130 valence electrons. The van der Waals surface area contributed by atoms with Gasteiger partial charge in [-0.25, -0.2) is 0 Å². The van der Waals surface area contributed by atoms with Gasteiger partial charge in [-0.2, -0.15) is 11.8 Å². The van der Waals surface area contributed by atoms with E-state index < -0.39 is 5.41 Å². The Balaban J connectivity index is 1.70. The van der Waals surface area contributed by atoms with Crippen LogP contribution in [0.3, 0.4) is 0 Å². The number of hydrogen-bond donors (Lipinski definition) is 1. The molecular weight excluding hydrogens is 324 g/mol. The highest BCUT2D eigenvalue weighted by atomic mass is 32.2. The maximum Gasteiger partial charge on any atom is 0.313 e. The topological polar surface area (TPSA) is 58.6 Å². The molecule has 24 heavy (non-hydrogen) atoms. The average molecular weight is 348 g/mol. The number of benzene rings is 1. The number of methoxy groups -OCH3 is 1. The molecule has 1 aromatic rings. The van der Waals surface area contributed by atoms with Gasteiger partial charge in [0.2, 0.25) is 5.91 Å². The van der Waals surface area contributed by atoms with Gasteiger partial charge in [0.1, 0.15) is 6.04 Å². The lowest BCUT2D eigenvalue weighted by Crippen LogP contribution is -2.46. The van der Waals surface area contributed by atoms with Crippen LogP contribution in [0.2, 0.25) is 0 Å². The molecular formula is C18H24N2O3S. The van der Waals surface area contributed by atoms with E-state index in [0.717, 1.165) is 43.0 Å². The van der Waals surface area contributed by atoms with Crippen molar-refractivity contribution < 1.29 is 14.3 Å². The lowest BCUT2D eigenvalue weighted by Gasteiger charge is -2.34. The Morgan fingerprint density at radius 3 is 2.50 bits per heavy atom. The van der Waals surface area contributed by atoms with Crippen molar-refractivity contribution in [2.24, 2.45) is 5.41 Å². The molecule has 1 atom stereocenters. The average Bonchev–Trinajstić information content (AvgIpc) is 3.43. The van der Waals surface area contributed by atoms with Crippen molar-refractivity contribution >= 4 is 23.6 Å². The minimum Gasteiger partial charge on any atom is -0.469 e. The second kappa shape index (κ2) is 7.57. The van der Waals surface area contributed by atoms with Gasteiger partial charge in [0.15, 0.2) is 0 Å². The molecule has 1 aliphatic carbocycles. The molecule has 3 rings (SSSR count). The summed E-state index contributed by atoms with van der Waals surface area (Å²) >= 11 is 1.92. The van der Waals surface area contributed by atoms with Crippen LogP contribution in [0.4, 0.5) is 0 Å². The lowest BCUT2D eigenvalue weighted by atomic mass is 10.0. The van der Waals surface area contributed by atoms with Crippen molar-refractivity contribution in [2.45, 2.75) is 18.9 Å². The van der Waals surface area contributed by atoms with Crippen LogP contribution in [-0.2, 0) is 14.3 Å². The van der Waals surface area contributed by atoms with Crippen LogP contribution in [0.1, 0.15) is 24.4 Å². The quantitative estimate of drug-likeness (QED) is 0.795. The molecule has 0 spiro atoms. The van der Waals surface area contributed by atoms with Gasteiger partial charge in [-0.15, -0.1) is 0 Å². The molecule has 0 unspecified atom stereocenters. The first-order chi connectivity index (χ1) is 11.7. The summed E-state index contributed by atoms with van der Waals surface area (Å²) < 4.78 is 4.87. The van der Waals surface area contributed by atoms with Gasteiger partial charge >= 0.3 is 5.97 Å². The monoisotopic (exact) mass is 348 g/mol. The van der Waals surface area contributed by atoms with Gasteiger partial charge in [-0.05, 0) is 18.4 Å². The number of nitrogens with zero attached hydrogens (tertiary/aromatic N) is 1. The van der Waals surface area contributed by atoms with Crippen molar-refractivity contribution in [3.05, 3.63) is 35.9 Å². The molecule has 1 aromatic carbocycles. The van der Waals surface area contributed by atoms with E-state index in [0.29, 0.717) is 6.54 Å². The molecule has 1 heterocycles. The van der Waals surface area contributed by atoms with E-state index in [1.165, 1.54) is 7.11 Å². The number of rotatable bonds is 6. The smallest absolute Gasteiger partial charge is 0.313 e. The normalized spacial score (nSPS) is 20.9. The third-order valence-corrected chi connectivity index (χ3v) is 5.79. The van der Waals surface area contributed by atoms with Gasteiger partial charge in [-0.1, -0.05) is 30.3 Å². The van der Waals surface area contributed by atoms with Gasteiger partial charge in [0.25, 0.3) is 0 Å². The largest absolute Gasteiger partial charge is 0.469 e. The first-order valence-electron chi connectivity index (χ1n) is 8.39. The SMILES string of the molecule is COC(=O)C1(CNC(=O)[C@H](c2ccccc2)N2CCSCC2)CC1. The van der Waals surface area contributed by atoms with Crippen LogP contribution in [0.25, 0.3) is 0 Å². The van der Waals surface area contributed by atoms with Crippen molar-refractivity contribution in [1.82, 2.24) is 10.2 Å². The van der Waals surface area contributed by atoms with Crippen molar-refractivity contribution in [3.63, 3.8) is 0 Å². The molecule has 0 aromatic heterocycles. The van der Waals surface area contributed by atoms with Gasteiger partial charge < -0.3 is 10.1 Å². The molecule has 5 nitrogen and oxygen atoms in total.